The summed E-state index contributed by atoms with van der Waals surface area (Å²) in [4.78, 5) is 19.1. The van der Waals surface area contributed by atoms with Crippen LogP contribution in [0.5, 0.6) is 0 Å². The molecule has 0 aliphatic carbocycles. The Morgan fingerprint density at radius 3 is 3.00 bits per heavy atom. The number of likely N-dealkylation sites (tertiary alicyclic amines) is 1. The Morgan fingerprint density at radius 1 is 1.36 bits per heavy atom. The molecule has 0 aromatic carbocycles. The van der Waals surface area contributed by atoms with Crippen molar-refractivity contribution in [1.82, 2.24) is 20.5 Å². The largest absolute Gasteiger partial charge is 0.352 e. The summed E-state index contributed by atoms with van der Waals surface area (Å²) in [6, 6.07) is 4.56. The van der Waals surface area contributed by atoms with Crippen molar-refractivity contribution in [3.8, 4) is 0 Å². The molecule has 2 aliphatic rings. The normalized spacial score (nSPS) is 24.1. The van der Waals surface area contributed by atoms with Crippen LogP contribution >= 0.6 is 0 Å². The molecule has 2 aliphatic heterocycles. The maximum absolute atomic E-state index is 12.4. The number of carbonyl (C=O) groups is 1. The lowest BCUT2D eigenvalue weighted by Gasteiger charge is -2.39. The molecule has 2 N–H and O–H groups in total. The van der Waals surface area contributed by atoms with Gasteiger partial charge in [-0.2, -0.15) is 0 Å². The van der Waals surface area contributed by atoms with E-state index in [1.165, 1.54) is 12.8 Å². The van der Waals surface area contributed by atoms with Crippen molar-refractivity contribution < 1.29 is 4.79 Å². The van der Waals surface area contributed by atoms with Crippen molar-refractivity contribution in [2.24, 2.45) is 5.92 Å². The number of aromatic nitrogens is 1. The molecule has 120 valence electrons. The number of carbonyl (C=O) groups excluding carboxylic acids is 1. The van der Waals surface area contributed by atoms with Crippen LogP contribution in [0.15, 0.2) is 24.5 Å². The van der Waals surface area contributed by atoms with Gasteiger partial charge in [0.1, 0.15) is 0 Å². The predicted molar refractivity (Wildman–Crippen MR) is 86.3 cm³/mol. The predicted octanol–water partition coefficient (Wildman–Crippen LogP) is 1.16. The quantitative estimate of drug-likeness (QED) is 0.876. The summed E-state index contributed by atoms with van der Waals surface area (Å²) in [5, 5.41) is 6.49. The summed E-state index contributed by atoms with van der Waals surface area (Å²) >= 11 is 0. The van der Waals surface area contributed by atoms with E-state index in [1.54, 1.807) is 6.20 Å². The van der Waals surface area contributed by atoms with Crippen LogP contribution in [-0.4, -0.2) is 48.0 Å². The van der Waals surface area contributed by atoms with Crippen molar-refractivity contribution in [2.45, 2.75) is 38.3 Å². The SMILES string of the molecule is O=C(NCc1cccnc1)C1CCCN(C2CCNCC2)C1. The van der Waals surface area contributed by atoms with Crippen LogP contribution < -0.4 is 10.6 Å². The molecule has 1 aromatic heterocycles. The Labute approximate surface area is 132 Å². The molecule has 3 rings (SSSR count). The highest BCUT2D eigenvalue weighted by Gasteiger charge is 2.30. The number of hydrogen-bond acceptors (Lipinski definition) is 4. The van der Waals surface area contributed by atoms with Crippen LogP contribution in [0.2, 0.25) is 0 Å². The molecule has 2 saturated heterocycles. The Kier molecular flexibility index (Phi) is 5.40. The monoisotopic (exact) mass is 302 g/mol. The molecule has 0 spiro atoms. The van der Waals surface area contributed by atoms with Gasteiger partial charge in [-0.15, -0.1) is 0 Å². The third kappa shape index (κ3) is 4.05. The van der Waals surface area contributed by atoms with Crippen LogP contribution in [0.3, 0.4) is 0 Å². The zero-order valence-electron chi connectivity index (χ0n) is 13.1. The van der Waals surface area contributed by atoms with Crippen LogP contribution in [-0.2, 0) is 11.3 Å². The number of rotatable bonds is 4. The van der Waals surface area contributed by atoms with E-state index in [2.05, 4.69) is 20.5 Å². The number of piperidine rings is 2. The number of nitrogens with one attached hydrogen (secondary N) is 2. The smallest absolute Gasteiger partial charge is 0.224 e. The molecular weight excluding hydrogens is 276 g/mol. The van der Waals surface area contributed by atoms with Crippen LogP contribution in [0, 0.1) is 5.92 Å². The Balaban J connectivity index is 1.49. The van der Waals surface area contributed by atoms with Gasteiger partial charge in [0.15, 0.2) is 0 Å². The van der Waals surface area contributed by atoms with Crippen molar-refractivity contribution >= 4 is 5.91 Å². The number of amides is 1. The van der Waals surface area contributed by atoms with E-state index in [9.17, 15) is 4.79 Å². The van der Waals surface area contributed by atoms with E-state index >= 15 is 0 Å². The third-order valence-electron chi connectivity index (χ3n) is 4.84. The molecule has 0 radical (unpaired) electrons. The molecule has 1 amide bonds. The third-order valence-corrected chi connectivity index (χ3v) is 4.84. The van der Waals surface area contributed by atoms with E-state index in [-0.39, 0.29) is 11.8 Å². The Morgan fingerprint density at radius 2 is 2.23 bits per heavy atom. The van der Waals surface area contributed by atoms with Crippen molar-refractivity contribution in [3.05, 3.63) is 30.1 Å². The van der Waals surface area contributed by atoms with Crippen LogP contribution in [0.4, 0.5) is 0 Å². The lowest BCUT2D eigenvalue weighted by molar-refractivity contribution is -0.127. The first-order valence-electron chi connectivity index (χ1n) is 8.44. The number of hydrogen-bond donors (Lipinski definition) is 2. The zero-order chi connectivity index (χ0) is 15.2. The summed E-state index contributed by atoms with van der Waals surface area (Å²) in [5.41, 5.74) is 1.06. The first kappa shape index (κ1) is 15.4. The highest BCUT2D eigenvalue weighted by molar-refractivity contribution is 5.78. The minimum Gasteiger partial charge on any atom is -0.352 e. The maximum Gasteiger partial charge on any atom is 0.224 e. The van der Waals surface area contributed by atoms with Gasteiger partial charge in [0.05, 0.1) is 5.92 Å². The fourth-order valence-corrected chi connectivity index (χ4v) is 3.56. The van der Waals surface area contributed by atoms with Crippen molar-refractivity contribution in [2.75, 3.05) is 26.2 Å². The first-order chi connectivity index (χ1) is 10.8. The fourth-order valence-electron chi connectivity index (χ4n) is 3.56. The summed E-state index contributed by atoms with van der Waals surface area (Å²) in [5.74, 6) is 0.336. The number of pyridine rings is 1. The minimum atomic E-state index is 0.139. The van der Waals surface area contributed by atoms with E-state index in [0.29, 0.717) is 12.6 Å². The number of nitrogens with zero attached hydrogens (tertiary/aromatic N) is 2. The molecule has 3 heterocycles. The second-order valence-corrected chi connectivity index (χ2v) is 6.39. The van der Waals surface area contributed by atoms with Crippen LogP contribution in [0.25, 0.3) is 0 Å². The topological polar surface area (TPSA) is 57.3 Å². The molecule has 22 heavy (non-hydrogen) atoms. The summed E-state index contributed by atoms with van der Waals surface area (Å²) in [6.07, 6.45) is 8.13. The van der Waals surface area contributed by atoms with Gasteiger partial charge in [0.25, 0.3) is 0 Å². The Bertz CT molecular complexity index is 473. The molecular formula is C17H26N4O. The highest BCUT2D eigenvalue weighted by Crippen LogP contribution is 2.22. The van der Waals surface area contributed by atoms with Gasteiger partial charge in [0, 0.05) is 31.5 Å². The molecule has 0 saturated carbocycles. The molecule has 0 bridgehead atoms. The van der Waals surface area contributed by atoms with Gasteiger partial charge < -0.3 is 10.6 Å². The lowest BCUT2D eigenvalue weighted by atomic mass is 9.93. The second-order valence-electron chi connectivity index (χ2n) is 6.39. The van der Waals surface area contributed by atoms with Gasteiger partial charge in [0.2, 0.25) is 5.91 Å². The van der Waals surface area contributed by atoms with E-state index in [0.717, 1.165) is 44.6 Å². The summed E-state index contributed by atoms with van der Waals surface area (Å²) < 4.78 is 0. The standard InChI is InChI=1S/C17H26N4O/c22-17(20-12-14-3-1-7-19-11-14)15-4-2-10-21(13-15)16-5-8-18-9-6-16/h1,3,7,11,15-16,18H,2,4-6,8-10,12-13H2,(H,20,22). The van der Waals surface area contributed by atoms with Gasteiger partial charge in [-0.3, -0.25) is 14.7 Å². The van der Waals surface area contributed by atoms with Gasteiger partial charge in [-0.1, -0.05) is 6.07 Å². The molecule has 5 heteroatoms. The van der Waals surface area contributed by atoms with Gasteiger partial charge in [-0.05, 0) is 56.9 Å². The molecule has 5 nitrogen and oxygen atoms in total. The average molecular weight is 302 g/mol. The summed E-state index contributed by atoms with van der Waals surface area (Å²) in [7, 11) is 0. The molecule has 2 fully saturated rings. The van der Waals surface area contributed by atoms with Crippen molar-refractivity contribution in [3.63, 3.8) is 0 Å². The summed E-state index contributed by atoms with van der Waals surface area (Å²) in [6.45, 7) is 4.87. The van der Waals surface area contributed by atoms with Gasteiger partial charge in [-0.25, -0.2) is 0 Å². The van der Waals surface area contributed by atoms with E-state index in [4.69, 9.17) is 0 Å². The molecule has 1 atom stereocenters. The second kappa shape index (κ2) is 7.70. The lowest BCUT2D eigenvalue weighted by Crippen LogP contribution is -2.50. The van der Waals surface area contributed by atoms with Crippen molar-refractivity contribution in [1.29, 1.82) is 0 Å². The van der Waals surface area contributed by atoms with E-state index < -0.39 is 0 Å². The molecule has 1 aromatic rings. The zero-order valence-corrected chi connectivity index (χ0v) is 13.1. The maximum atomic E-state index is 12.4. The highest BCUT2D eigenvalue weighted by atomic mass is 16.1. The first-order valence-corrected chi connectivity index (χ1v) is 8.44. The molecule has 1 unspecified atom stereocenters. The average Bonchev–Trinajstić information content (AvgIpc) is 2.61. The van der Waals surface area contributed by atoms with Gasteiger partial charge >= 0.3 is 0 Å². The Hall–Kier alpha value is -1.46. The van der Waals surface area contributed by atoms with E-state index in [1.807, 2.05) is 18.3 Å². The fraction of sp³-hybridized carbons (Fsp3) is 0.647. The van der Waals surface area contributed by atoms with Crippen LogP contribution in [0.1, 0.15) is 31.2 Å². The minimum absolute atomic E-state index is 0.139.